The Morgan fingerprint density at radius 3 is 2.60 bits per heavy atom. The molecule has 2 N–H and O–H groups in total. The van der Waals surface area contributed by atoms with Gasteiger partial charge in [-0.2, -0.15) is 5.10 Å². The number of carbonyl (C=O) groups is 1. The summed E-state index contributed by atoms with van der Waals surface area (Å²) >= 11 is 1.58. The highest BCUT2D eigenvalue weighted by Crippen LogP contribution is 2.95. The Morgan fingerprint density at radius 2 is 1.82 bits per heavy atom. The number of benzene rings is 1. The number of anilines is 4. The van der Waals surface area contributed by atoms with Gasteiger partial charge in [-0.25, -0.2) is 14.8 Å². The number of thiazole rings is 1. The monoisotopic (exact) mass is 759 g/mol. The third-order valence-corrected chi connectivity index (χ3v) is 15.4. The van der Waals surface area contributed by atoms with Crippen LogP contribution in [0.2, 0.25) is 0 Å². The maximum absolute atomic E-state index is 12.9. The van der Waals surface area contributed by atoms with E-state index < -0.39 is 5.97 Å². The number of fused-ring (bicyclic) bond motifs is 3. The van der Waals surface area contributed by atoms with Crippen molar-refractivity contribution in [2.45, 2.75) is 84.8 Å². The summed E-state index contributed by atoms with van der Waals surface area (Å²) in [6, 6.07) is 11.9. The number of para-hydroxylation sites is 1. The van der Waals surface area contributed by atoms with Crippen molar-refractivity contribution < 1.29 is 14.6 Å². The number of aromatic carboxylic acids is 1. The minimum Gasteiger partial charge on any atom is -0.476 e. The number of ether oxygens (including phenoxy) is 1. The van der Waals surface area contributed by atoms with E-state index in [9.17, 15) is 9.90 Å². The molecule has 0 saturated heterocycles. The molecule has 0 radical (unpaired) electrons. The molecule has 5 aromatic rings. The predicted molar refractivity (Wildman–Crippen MR) is 214 cm³/mol. The number of rotatable bonds is 11. The number of aromatic nitrogens is 6. The Hall–Kier alpha value is -4.46. The van der Waals surface area contributed by atoms with Crippen molar-refractivity contribution in [3.05, 3.63) is 65.1 Å². The van der Waals surface area contributed by atoms with Crippen LogP contribution in [-0.2, 0) is 17.7 Å². The van der Waals surface area contributed by atoms with E-state index in [4.69, 9.17) is 19.8 Å². The Morgan fingerprint density at radius 1 is 1.00 bits per heavy atom. The van der Waals surface area contributed by atoms with Crippen LogP contribution in [0.1, 0.15) is 79.7 Å². The molecule has 286 valence electrons. The van der Waals surface area contributed by atoms with Gasteiger partial charge in [0, 0.05) is 53.0 Å². The van der Waals surface area contributed by atoms with Crippen LogP contribution in [0.3, 0.4) is 0 Å². The number of hydrogen-bond acceptors (Lipinski definition) is 11. The second-order valence-corrected chi connectivity index (χ2v) is 19.1. The van der Waals surface area contributed by atoms with Gasteiger partial charge in [0.15, 0.2) is 22.5 Å². The normalized spacial score (nSPS) is 30.0. The maximum atomic E-state index is 12.9. The number of likely N-dealkylation sites (N-methyl/N-ethyl adjacent to an activating group) is 1. The fourth-order valence-electron chi connectivity index (χ4n) is 12.9. The minimum atomic E-state index is -1.07. The number of hydrogen-bond donors (Lipinski definition) is 2. The van der Waals surface area contributed by atoms with Gasteiger partial charge in [-0.3, -0.25) is 4.68 Å². The van der Waals surface area contributed by atoms with Crippen molar-refractivity contribution in [1.29, 1.82) is 0 Å². The van der Waals surface area contributed by atoms with Crippen LogP contribution in [0.5, 0.6) is 0 Å². The van der Waals surface area contributed by atoms with Gasteiger partial charge in [0.1, 0.15) is 5.82 Å². The lowest BCUT2D eigenvalue weighted by Crippen LogP contribution is -2.81. The standard InChI is InChI=1S/C42H49N9O3S/c1-25-27-10-9-15-50(35(27)48-47-34(25)46-37-44-30-11-7-8-12-31(30)55-37)32-14-13-28(33(45-32)36(52)53)29-18-43-51(26(29)2)24-40-20-38(3)19-39(4)21-41(22-40,42(38,39)23-40)54-17-16-49(5)6/h7-8,11-14,18H,9-10,15-17,19-24H2,1-6H3,(H,52,53)(H,44,46,47). The number of carboxylic acid groups (broad SMARTS) is 1. The van der Waals surface area contributed by atoms with Crippen molar-refractivity contribution in [1.82, 2.24) is 34.8 Å². The summed E-state index contributed by atoms with van der Waals surface area (Å²) in [5, 5.41) is 28.9. The lowest BCUT2D eigenvalue weighted by atomic mass is 9.24. The molecule has 12 nitrogen and oxygen atoms in total. The minimum absolute atomic E-state index is 0.0115. The van der Waals surface area contributed by atoms with Crippen LogP contribution in [0.25, 0.3) is 21.3 Å². The molecule has 5 aliphatic rings. The molecule has 4 aliphatic carbocycles. The molecular formula is C42H49N9O3S. The van der Waals surface area contributed by atoms with Crippen LogP contribution in [0.15, 0.2) is 42.6 Å². The topological polar surface area (TPSA) is 134 Å². The van der Waals surface area contributed by atoms with E-state index in [2.05, 4.69) is 73.0 Å². The highest BCUT2D eigenvalue weighted by Gasteiger charge is 2.93. The first kappa shape index (κ1) is 35.0. The summed E-state index contributed by atoms with van der Waals surface area (Å²) < 4.78 is 10.2. The first-order valence-corrected chi connectivity index (χ1v) is 20.4. The molecular weight excluding hydrogens is 711 g/mol. The zero-order valence-electron chi connectivity index (χ0n) is 32.6. The molecule has 5 atom stereocenters. The second kappa shape index (κ2) is 11.8. The summed E-state index contributed by atoms with van der Waals surface area (Å²) in [4.78, 5) is 26.6. The highest BCUT2D eigenvalue weighted by molar-refractivity contribution is 7.22. The molecule has 10 rings (SSSR count). The van der Waals surface area contributed by atoms with Gasteiger partial charge in [0.05, 0.1) is 28.6 Å². The van der Waals surface area contributed by atoms with Gasteiger partial charge in [-0.15, -0.1) is 10.2 Å². The Kier molecular flexibility index (Phi) is 7.49. The van der Waals surface area contributed by atoms with E-state index in [1.807, 2.05) is 41.4 Å². The highest BCUT2D eigenvalue weighted by atomic mass is 32.1. The van der Waals surface area contributed by atoms with E-state index in [1.54, 1.807) is 11.3 Å². The fraction of sp³-hybridized carbons (Fsp3) is 0.524. The third kappa shape index (κ3) is 4.81. The van der Waals surface area contributed by atoms with E-state index >= 15 is 0 Å². The SMILES string of the molecule is Cc1c(Nc2nc3ccccc3s2)nnc2c1CCCN2c1ccc(-c2cnn(CC34CC5(C)CC6(C)CC(OCCN(C)C)(C3)C56C4)c2C)c(C(=O)O)n1. The molecule has 1 aliphatic heterocycles. The molecule has 4 aromatic heterocycles. The molecule has 0 amide bonds. The van der Waals surface area contributed by atoms with Gasteiger partial charge in [0.25, 0.3) is 0 Å². The summed E-state index contributed by atoms with van der Waals surface area (Å²) in [5.41, 5.74) is 6.33. The molecule has 4 saturated carbocycles. The summed E-state index contributed by atoms with van der Waals surface area (Å²) in [7, 11) is 4.22. The first-order chi connectivity index (χ1) is 26.3. The zero-order chi connectivity index (χ0) is 38.1. The fourth-order valence-corrected chi connectivity index (χ4v) is 13.8. The Bertz CT molecular complexity index is 2380. The van der Waals surface area contributed by atoms with Crippen molar-refractivity contribution >= 4 is 50.1 Å². The average Bonchev–Trinajstić information content (AvgIpc) is 3.85. The Balaban J connectivity index is 0.921. The molecule has 55 heavy (non-hydrogen) atoms. The predicted octanol–water partition coefficient (Wildman–Crippen LogP) is 7.80. The van der Waals surface area contributed by atoms with Crippen LogP contribution in [0, 0.1) is 35.5 Å². The van der Waals surface area contributed by atoms with Crippen molar-refractivity contribution in [2.24, 2.45) is 21.7 Å². The van der Waals surface area contributed by atoms with Gasteiger partial charge in [-0.1, -0.05) is 37.3 Å². The van der Waals surface area contributed by atoms with Crippen molar-refractivity contribution in [3.8, 4) is 11.1 Å². The van der Waals surface area contributed by atoms with Crippen molar-refractivity contribution in [3.63, 3.8) is 0 Å². The Labute approximate surface area is 325 Å². The molecule has 1 aromatic carbocycles. The van der Waals surface area contributed by atoms with Crippen LogP contribution in [0.4, 0.5) is 22.6 Å². The zero-order valence-corrected chi connectivity index (χ0v) is 33.4. The average molecular weight is 760 g/mol. The number of nitrogens with zero attached hydrogens (tertiary/aromatic N) is 8. The van der Waals surface area contributed by atoms with E-state index in [0.29, 0.717) is 40.4 Å². The van der Waals surface area contributed by atoms with Gasteiger partial charge in [0.2, 0.25) is 0 Å². The molecule has 2 bridgehead atoms. The van der Waals surface area contributed by atoms with Gasteiger partial charge < -0.3 is 25.0 Å². The van der Waals surface area contributed by atoms with Crippen LogP contribution >= 0.6 is 11.3 Å². The number of pyridine rings is 1. The van der Waals surface area contributed by atoms with Crippen molar-refractivity contribution in [2.75, 3.05) is 44.0 Å². The summed E-state index contributed by atoms with van der Waals surface area (Å²) in [5.74, 6) is 0.860. The van der Waals surface area contributed by atoms with Gasteiger partial charge in [-0.05, 0) is 113 Å². The lowest BCUT2D eigenvalue weighted by Gasteiger charge is -2.82. The summed E-state index contributed by atoms with van der Waals surface area (Å²) in [6.07, 6.45) is 9.43. The molecule has 5 heterocycles. The largest absolute Gasteiger partial charge is 0.476 e. The third-order valence-electron chi connectivity index (χ3n) is 14.4. The molecule has 4 fully saturated rings. The lowest BCUT2D eigenvalue weighted by molar-refractivity contribution is -0.387. The van der Waals surface area contributed by atoms with Crippen LogP contribution < -0.4 is 10.2 Å². The molecule has 1 spiro atoms. The number of carboxylic acids is 1. The van der Waals surface area contributed by atoms with Crippen LogP contribution in [-0.4, -0.2) is 85.3 Å². The smallest absolute Gasteiger partial charge is 0.355 e. The quantitative estimate of drug-likeness (QED) is 0.137. The first-order valence-electron chi connectivity index (χ1n) is 19.6. The molecule has 13 heteroatoms. The molecule has 5 unspecified atom stereocenters. The van der Waals surface area contributed by atoms with E-state index in [0.717, 1.165) is 83.1 Å². The number of nitrogens with one attached hydrogen (secondary N) is 1. The van der Waals surface area contributed by atoms with Gasteiger partial charge >= 0.3 is 5.97 Å². The van der Waals surface area contributed by atoms with E-state index in [1.165, 1.54) is 19.3 Å². The van der Waals surface area contributed by atoms with E-state index in [-0.39, 0.29) is 22.1 Å². The second-order valence-electron chi connectivity index (χ2n) is 18.1. The summed E-state index contributed by atoms with van der Waals surface area (Å²) in [6.45, 7) is 12.3. The maximum Gasteiger partial charge on any atom is 0.355 e.